The molecule has 1 aliphatic heterocycles. The number of aromatic nitrogens is 5. The molecule has 2 atom stereocenters. The minimum atomic E-state index is -0.164. The number of aromatic amines is 1. The molecule has 1 saturated heterocycles. The number of nitrogens with one attached hydrogen (secondary N) is 1. The van der Waals surface area contributed by atoms with E-state index in [1.54, 1.807) is 18.5 Å². The van der Waals surface area contributed by atoms with Gasteiger partial charge in [0.15, 0.2) is 0 Å². The summed E-state index contributed by atoms with van der Waals surface area (Å²) in [7, 11) is 0. The van der Waals surface area contributed by atoms with E-state index in [1.165, 1.54) is 6.07 Å². The van der Waals surface area contributed by atoms with Gasteiger partial charge in [0.25, 0.3) is 0 Å². The number of pyridine rings is 1. The molecular weight excluding hydrogens is 443 g/mol. The second kappa shape index (κ2) is 9.03. The molecule has 7 nitrogen and oxygen atoms in total. The molecule has 5 aromatic rings. The molecule has 0 aliphatic carbocycles. The van der Waals surface area contributed by atoms with Crippen molar-refractivity contribution in [3.05, 3.63) is 84.3 Å². The molecule has 1 fully saturated rings. The van der Waals surface area contributed by atoms with Gasteiger partial charge in [-0.15, -0.1) is 10.2 Å². The minimum Gasteiger partial charge on any atom is -0.420 e. The SMILES string of the molecule is C[C@@H]1C[C@H](c2nnc(-c3ccc4[nH]nc(-c5ccncc5)c4c3)o2)CN(Cc2ccccc2F)C1. The second-order valence-corrected chi connectivity index (χ2v) is 9.34. The first-order valence-electron chi connectivity index (χ1n) is 11.8. The maximum atomic E-state index is 14.2. The molecule has 0 spiro atoms. The van der Waals surface area contributed by atoms with Gasteiger partial charge in [0.05, 0.1) is 11.4 Å². The summed E-state index contributed by atoms with van der Waals surface area (Å²) in [5.41, 5.74) is 4.34. The molecule has 1 N–H and O–H groups in total. The molecule has 176 valence electrons. The fourth-order valence-electron chi connectivity index (χ4n) is 5.03. The first-order chi connectivity index (χ1) is 17.1. The lowest BCUT2D eigenvalue weighted by atomic mass is 9.90. The molecule has 3 aromatic heterocycles. The number of piperidine rings is 1. The van der Waals surface area contributed by atoms with Crippen molar-refractivity contribution in [2.24, 2.45) is 5.92 Å². The number of benzene rings is 2. The maximum Gasteiger partial charge on any atom is 0.247 e. The zero-order valence-corrected chi connectivity index (χ0v) is 19.4. The number of likely N-dealkylation sites (tertiary alicyclic amines) is 1. The first kappa shape index (κ1) is 21.6. The van der Waals surface area contributed by atoms with Gasteiger partial charge in [-0.25, -0.2) is 4.39 Å². The van der Waals surface area contributed by atoms with Crippen molar-refractivity contribution in [2.45, 2.75) is 25.8 Å². The fraction of sp³-hybridized carbons (Fsp3) is 0.259. The summed E-state index contributed by atoms with van der Waals surface area (Å²) in [6.45, 7) is 4.46. The Kier molecular flexibility index (Phi) is 5.58. The van der Waals surface area contributed by atoms with E-state index in [0.717, 1.165) is 47.2 Å². The summed E-state index contributed by atoms with van der Waals surface area (Å²) in [4.78, 5) is 6.37. The van der Waals surface area contributed by atoms with E-state index in [0.29, 0.717) is 29.8 Å². The minimum absolute atomic E-state index is 0.108. The van der Waals surface area contributed by atoms with Crippen LogP contribution in [0.25, 0.3) is 33.6 Å². The molecular formula is C27H25FN6O. The van der Waals surface area contributed by atoms with E-state index < -0.39 is 0 Å². The lowest BCUT2D eigenvalue weighted by molar-refractivity contribution is 0.144. The lowest BCUT2D eigenvalue weighted by Crippen LogP contribution is -2.38. The van der Waals surface area contributed by atoms with Crippen molar-refractivity contribution in [1.82, 2.24) is 30.3 Å². The van der Waals surface area contributed by atoms with Crippen LogP contribution in [0.4, 0.5) is 4.39 Å². The molecule has 0 bridgehead atoms. The molecule has 35 heavy (non-hydrogen) atoms. The maximum absolute atomic E-state index is 14.2. The van der Waals surface area contributed by atoms with Crippen molar-refractivity contribution >= 4 is 10.9 Å². The number of fused-ring (bicyclic) bond motifs is 1. The van der Waals surface area contributed by atoms with E-state index in [2.05, 4.69) is 37.2 Å². The normalized spacial score (nSPS) is 18.8. The fourth-order valence-corrected chi connectivity index (χ4v) is 5.03. The zero-order valence-electron chi connectivity index (χ0n) is 19.4. The van der Waals surface area contributed by atoms with Crippen LogP contribution < -0.4 is 0 Å². The molecule has 8 heteroatoms. The summed E-state index contributed by atoms with van der Waals surface area (Å²) in [6.07, 6.45) is 4.47. The Bertz CT molecular complexity index is 1460. The Labute approximate surface area is 202 Å². The van der Waals surface area contributed by atoms with Crippen LogP contribution >= 0.6 is 0 Å². The highest BCUT2D eigenvalue weighted by Crippen LogP contribution is 2.34. The van der Waals surface area contributed by atoms with Gasteiger partial charge in [-0.3, -0.25) is 15.0 Å². The molecule has 1 aliphatic rings. The highest BCUT2D eigenvalue weighted by atomic mass is 19.1. The molecule has 0 amide bonds. The zero-order chi connectivity index (χ0) is 23.8. The Balaban J connectivity index is 1.25. The number of hydrogen-bond acceptors (Lipinski definition) is 6. The van der Waals surface area contributed by atoms with Crippen LogP contribution in [0.3, 0.4) is 0 Å². The summed E-state index contributed by atoms with van der Waals surface area (Å²) in [5.74, 6) is 1.51. The van der Waals surface area contributed by atoms with Crippen molar-refractivity contribution in [2.75, 3.05) is 13.1 Å². The molecule has 2 aromatic carbocycles. The van der Waals surface area contributed by atoms with Crippen LogP contribution in [-0.4, -0.2) is 43.4 Å². The van der Waals surface area contributed by atoms with Gasteiger partial charge >= 0.3 is 0 Å². The van der Waals surface area contributed by atoms with Crippen LogP contribution in [0.5, 0.6) is 0 Å². The Morgan fingerprint density at radius 1 is 1.03 bits per heavy atom. The number of hydrogen-bond donors (Lipinski definition) is 1. The van der Waals surface area contributed by atoms with Gasteiger partial charge in [-0.1, -0.05) is 25.1 Å². The largest absolute Gasteiger partial charge is 0.420 e. The topological polar surface area (TPSA) is 83.7 Å². The van der Waals surface area contributed by atoms with Gasteiger partial charge in [-0.2, -0.15) is 5.10 Å². The highest BCUT2D eigenvalue weighted by molar-refractivity contribution is 5.95. The van der Waals surface area contributed by atoms with Crippen LogP contribution in [0.2, 0.25) is 0 Å². The monoisotopic (exact) mass is 468 g/mol. The van der Waals surface area contributed by atoms with E-state index >= 15 is 0 Å². The predicted molar refractivity (Wildman–Crippen MR) is 131 cm³/mol. The van der Waals surface area contributed by atoms with Crippen molar-refractivity contribution in [3.8, 4) is 22.7 Å². The van der Waals surface area contributed by atoms with Crippen LogP contribution in [0.15, 0.2) is 71.4 Å². The third kappa shape index (κ3) is 4.33. The lowest BCUT2D eigenvalue weighted by Gasteiger charge is -2.35. The van der Waals surface area contributed by atoms with Crippen LogP contribution in [-0.2, 0) is 6.54 Å². The van der Waals surface area contributed by atoms with E-state index in [9.17, 15) is 4.39 Å². The van der Waals surface area contributed by atoms with E-state index in [-0.39, 0.29) is 11.7 Å². The summed E-state index contributed by atoms with van der Waals surface area (Å²) in [6, 6.07) is 16.8. The molecule has 0 saturated carbocycles. The first-order valence-corrected chi connectivity index (χ1v) is 11.8. The number of halogens is 1. The van der Waals surface area contributed by atoms with Crippen LogP contribution in [0, 0.1) is 11.7 Å². The number of rotatable bonds is 5. The average molecular weight is 469 g/mol. The Hall–Kier alpha value is -3.91. The molecule has 0 unspecified atom stereocenters. The third-order valence-corrected chi connectivity index (χ3v) is 6.64. The number of nitrogens with zero attached hydrogens (tertiary/aromatic N) is 5. The van der Waals surface area contributed by atoms with Gasteiger partial charge in [0.2, 0.25) is 11.8 Å². The quantitative estimate of drug-likeness (QED) is 0.370. The second-order valence-electron chi connectivity index (χ2n) is 9.34. The Morgan fingerprint density at radius 2 is 1.89 bits per heavy atom. The third-order valence-electron chi connectivity index (χ3n) is 6.64. The Morgan fingerprint density at radius 3 is 2.74 bits per heavy atom. The standard InChI is InChI=1S/C27H25FN6O/c1-17-12-21(16-34(14-17)15-20-4-2-3-5-23(20)28)27-33-32-26(35-27)19-6-7-24-22(13-19)25(31-30-24)18-8-10-29-11-9-18/h2-11,13,17,21H,12,14-16H2,1H3,(H,30,31)/t17-,21+/m1/s1. The van der Waals surface area contributed by atoms with Crippen LogP contribution in [0.1, 0.15) is 30.7 Å². The molecule has 4 heterocycles. The summed E-state index contributed by atoms with van der Waals surface area (Å²) in [5, 5.41) is 17.3. The smallest absolute Gasteiger partial charge is 0.247 e. The van der Waals surface area contributed by atoms with Gasteiger partial charge in [0, 0.05) is 54.1 Å². The summed E-state index contributed by atoms with van der Waals surface area (Å²) < 4.78 is 20.4. The van der Waals surface area contributed by atoms with Crippen molar-refractivity contribution in [1.29, 1.82) is 0 Å². The predicted octanol–water partition coefficient (Wildman–Crippen LogP) is 5.44. The van der Waals surface area contributed by atoms with E-state index in [1.807, 2.05) is 42.5 Å². The highest BCUT2D eigenvalue weighted by Gasteiger charge is 2.30. The van der Waals surface area contributed by atoms with Gasteiger partial charge in [0.1, 0.15) is 11.5 Å². The van der Waals surface area contributed by atoms with E-state index in [4.69, 9.17) is 4.42 Å². The molecule has 6 rings (SSSR count). The van der Waals surface area contributed by atoms with Crippen molar-refractivity contribution < 1.29 is 8.81 Å². The van der Waals surface area contributed by atoms with Crippen molar-refractivity contribution in [3.63, 3.8) is 0 Å². The number of H-pyrrole nitrogens is 1. The average Bonchev–Trinajstić information content (AvgIpc) is 3.53. The van der Waals surface area contributed by atoms with Gasteiger partial charge < -0.3 is 4.42 Å². The molecule has 0 radical (unpaired) electrons. The summed E-state index contributed by atoms with van der Waals surface area (Å²) >= 11 is 0. The van der Waals surface area contributed by atoms with Gasteiger partial charge in [-0.05, 0) is 48.7 Å².